The third kappa shape index (κ3) is 4.07. The van der Waals surface area contributed by atoms with Gasteiger partial charge >= 0.3 is 0 Å². The topological polar surface area (TPSA) is 35.8 Å². The second-order valence-corrected chi connectivity index (χ2v) is 5.70. The van der Waals surface area contributed by atoms with Crippen molar-refractivity contribution < 1.29 is 0 Å². The van der Waals surface area contributed by atoms with Crippen molar-refractivity contribution in [2.45, 2.75) is 18.6 Å². The molecule has 0 saturated carbocycles. The van der Waals surface area contributed by atoms with Gasteiger partial charge in [0.2, 0.25) is 0 Å². The molecule has 0 aliphatic carbocycles. The summed E-state index contributed by atoms with van der Waals surface area (Å²) in [4.78, 5) is 0. The molecule has 16 heavy (non-hydrogen) atoms. The average molecular weight is 299 g/mol. The van der Waals surface area contributed by atoms with Gasteiger partial charge in [-0.25, -0.2) is 0 Å². The molecule has 0 amide bonds. The van der Waals surface area contributed by atoms with Crippen molar-refractivity contribution in [2.24, 2.45) is 0 Å². The maximum absolute atomic E-state index is 8.74. The Balaban J connectivity index is 2.52. The van der Waals surface area contributed by atoms with Crippen LogP contribution in [0.5, 0.6) is 0 Å². The van der Waals surface area contributed by atoms with Gasteiger partial charge in [0, 0.05) is 22.0 Å². The lowest BCUT2D eigenvalue weighted by Gasteiger charge is -2.11. The van der Waals surface area contributed by atoms with E-state index in [9.17, 15) is 0 Å². The van der Waals surface area contributed by atoms with Crippen molar-refractivity contribution in [3.8, 4) is 6.07 Å². The minimum atomic E-state index is 0.671. The number of nitrogens with zero attached hydrogens (tertiary/aromatic N) is 1. The summed E-state index contributed by atoms with van der Waals surface area (Å²) in [5.41, 5.74) is 1.72. The molecule has 1 unspecified atom stereocenters. The maximum atomic E-state index is 8.74. The van der Waals surface area contributed by atoms with Crippen LogP contribution < -0.4 is 5.32 Å². The Labute approximate surface area is 110 Å². The minimum absolute atomic E-state index is 0.671. The van der Waals surface area contributed by atoms with Crippen LogP contribution in [0.15, 0.2) is 22.7 Å². The van der Waals surface area contributed by atoms with Crippen LogP contribution in [0.4, 0.5) is 5.69 Å². The lowest BCUT2D eigenvalue weighted by atomic mass is 10.2. The Morgan fingerprint density at radius 1 is 1.56 bits per heavy atom. The van der Waals surface area contributed by atoms with Crippen molar-refractivity contribution in [3.63, 3.8) is 0 Å². The molecule has 0 aliphatic rings. The molecule has 4 heteroatoms. The fourth-order valence-electron chi connectivity index (χ4n) is 1.26. The van der Waals surface area contributed by atoms with Crippen LogP contribution in [-0.2, 0) is 0 Å². The van der Waals surface area contributed by atoms with E-state index in [1.807, 2.05) is 30.0 Å². The van der Waals surface area contributed by atoms with Gasteiger partial charge < -0.3 is 5.32 Å². The van der Waals surface area contributed by atoms with E-state index in [0.717, 1.165) is 23.1 Å². The molecule has 0 fully saturated rings. The molecule has 0 radical (unpaired) electrons. The molecular weight excluding hydrogens is 284 g/mol. The van der Waals surface area contributed by atoms with Gasteiger partial charge in [-0.3, -0.25) is 0 Å². The fourth-order valence-corrected chi connectivity index (χ4v) is 2.13. The van der Waals surface area contributed by atoms with Gasteiger partial charge in [0.05, 0.1) is 11.6 Å². The van der Waals surface area contributed by atoms with Crippen LogP contribution in [0.25, 0.3) is 0 Å². The summed E-state index contributed by atoms with van der Waals surface area (Å²) in [6, 6.07) is 7.71. The first-order chi connectivity index (χ1) is 7.67. The smallest absolute Gasteiger partial charge is 0.0992 e. The Bertz CT molecular complexity index is 387. The second kappa shape index (κ2) is 6.82. The zero-order chi connectivity index (χ0) is 12.0. The first-order valence-electron chi connectivity index (χ1n) is 5.13. The summed E-state index contributed by atoms with van der Waals surface area (Å²) >= 11 is 5.33. The second-order valence-electron chi connectivity index (χ2n) is 3.57. The maximum Gasteiger partial charge on any atom is 0.0992 e. The normalized spacial score (nSPS) is 11.9. The van der Waals surface area contributed by atoms with Gasteiger partial charge in [-0.05, 0) is 46.8 Å². The number of nitriles is 1. The van der Waals surface area contributed by atoms with Crippen molar-refractivity contribution in [3.05, 3.63) is 28.2 Å². The highest BCUT2D eigenvalue weighted by molar-refractivity contribution is 9.10. The zero-order valence-electron chi connectivity index (χ0n) is 9.46. The van der Waals surface area contributed by atoms with Crippen LogP contribution in [0.1, 0.15) is 18.9 Å². The number of halogens is 1. The molecule has 86 valence electrons. The van der Waals surface area contributed by atoms with Gasteiger partial charge in [0.15, 0.2) is 0 Å². The molecule has 0 bridgehead atoms. The van der Waals surface area contributed by atoms with Crippen molar-refractivity contribution in [1.82, 2.24) is 0 Å². The molecule has 0 aliphatic heterocycles. The molecule has 1 atom stereocenters. The van der Waals surface area contributed by atoms with E-state index in [-0.39, 0.29) is 0 Å². The fraction of sp³-hybridized carbons (Fsp3) is 0.417. The number of thioether (sulfide) groups is 1. The summed E-state index contributed by atoms with van der Waals surface area (Å²) in [6.45, 7) is 3.17. The largest absolute Gasteiger partial charge is 0.384 e. The van der Waals surface area contributed by atoms with Gasteiger partial charge in [0.25, 0.3) is 0 Å². The van der Waals surface area contributed by atoms with Crippen LogP contribution in [0.3, 0.4) is 0 Å². The molecule has 0 heterocycles. The van der Waals surface area contributed by atoms with Gasteiger partial charge in [-0.2, -0.15) is 17.0 Å². The zero-order valence-corrected chi connectivity index (χ0v) is 11.9. The Morgan fingerprint density at radius 3 is 2.88 bits per heavy atom. The number of hydrogen-bond acceptors (Lipinski definition) is 3. The van der Waals surface area contributed by atoms with Gasteiger partial charge in [-0.15, -0.1) is 0 Å². The predicted octanol–water partition coefficient (Wildman–Crippen LogP) is 3.87. The first-order valence-corrected chi connectivity index (χ1v) is 7.21. The number of anilines is 1. The van der Waals surface area contributed by atoms with Crippen molar-refractivity contribution in [2.75, 3.05) is 18.1 Å². The van der Waals surface area contributed by atoms with Crippen LogP contribution >= 0.6 is 27.7 Å². The summed E-state index contributed by atoms with van der Waals surface area (Å²) < 4.78 is 0.948. The molecule has 0 aromatic heterocycles. The van der Waals surface area contributed by atoms with Crippen LogP contribution in [0, 0.1) is 11.3 Å². The molecule has 2 nitrogen and oxygen atoms in total. The Kier molecular flexibility index (Phi) is 5.72. The Hall–Kier alpha value is -0.660. The summed E-state index contributed by atoms with van der Waals surface area (Å²) in [5.74, 6) is 0. The van der Waals surface area contributed by atoms with E-state index in [4.69, 9.17) is 5.26 Å². The summed E-state index contributed by atoms with van der Waals surface area (Å²) in [6.07, 6.45) is 3.26. The van der Waals surface area contributed by atoms with E-state index >= 15 is 0 Å². The first kappa shape index (κ1) is 13.4. The van der Waals surface area contributed by atoms with Crippen molar-refractivity contribution in [1.29, 1.82) is 5.26 Å². The highest BCUT2D eigenvalue weighted by Gasteiger charge is 2.02. The third-order valence-corrected chi connectivity index (χ3v) is 4.06. The lowest BCUT2D eigenvalue weighted by molar-refractivity contribution is 0.853. The quantitative estimate of drug-likeness (QED) is 0.896. The van der Waals surface area contributed by atoms with E-state index in [1.54, 1.807) is 0 Å². The monoisotopic (exact) mass is 298 g/mol. The SMILES string of the molecule is CSC(C)CCNc1ccc(C#N)cc1Br. The van der Waals surface area contributed by atoms with E-state index < -0.39 is 0 Å². The highest BCUT2D eigenvalue weighted by Crippen LogP contribution is 2.23. The van der Waals surface area contributed by atoms with Gasteiger partial charge in [0.1, 0.15) is 0 Å². The predicted molar refractivity (Wildman–Crippen MR) is 74.9 cm³/mol. The van der Waals surface area contributed by atoms with Gasteiger partial charge in [-0.1, -0.05) is 6.92 Å². The number of benzene rings is 1. The molecule has 1 rings (SSSR count). The minimum Gasteiger partial charge on any atom is -0.384 e. The van der Waals surface area contributed by atoms with E-state index in [0.29, 0.717) is 10.8 Å². The third-order valence-electron chi connectivity index (χ3n) is 2.37. The average Bonchev–Trinajstić information content (AvgIpc) is 2.30. The van der Waals surface area contributed by atoms with Crippen LogP contribution in [-0.4, -0.2) is 18.1 Å². The highest BCUT2D eigenvalue weighted by atomic mass is 79.9. The molecule has 0 spiro atoms. The van der Waals surface area contributed by atoms with Crippen molar-refractivity contribution >= 4 is 33.4 Å². The molecule has 1 aromatic carbocycles. The van der Waals surface area contributed by atoms with E-state index in [1.165, 1.54) is 0 Å². The lowest BCUT2D eigenvalue weighted by Crippen LogP contribution is -2.08. The number of hydrogen-bond donors (Lipinski definition) is 1. The molecule has 1 aromatic rings. The molecular formula is C12H15BrN2S. The molecule has 0 saturated heterocycles. The number of rotatable bonds is 5. The number of nitrogens with one attached hydrogen (secondary N) is 1. The van der Waals surface area contributed by atoms with E-state index in [2.05, 4.69) is 40.5 Å². The Morgan fingerprint density at radius 2 is 2.31 bits per heavy atom. The standard InChI is InChI=1S/C12H15BrN2S/c1-9(16-2)5-6-15-12-4-3-10(8-14)7-11(12)13/h3-4,7,9,15H,5-6H2,1-2H3. The van der Waals surface area contributed by atoms with Crippen LogP contribution in [0.2, 0.25) is 0 Å². The summed E-state index contributed by atoms with van der Waals surface area (Å²) in [5, 5.41) is 12.8. The summed E-state index contributed by atoms with van der Waals surface area (Å²) in [7, 11) is 0. The molecule has 1 N–H and O–H groups in total.